The Morgan fingerprint density at radius 1 is 0.773 bits per heavy atom. The van der Waals surface area contributed by atoms with Crippen LogP contribution in [0.2, 0.25) is 0 Å². The zero-order valence-corrected chi connectivity index (χ0v) is 25.9. The summed E-state index contributed by atoms with van der Waals surface area (Å²) >= 11 is 1.52. The highest BCUT2D eigenvalue weighted by molar-refractivity contribution is 7.98. The van der Waals surface area contributed by atoms with Crippen LogP contribution in [-0.4, -0.2) is 74.9 Å². The third kappa shape index (κ3) is 8.00. The summed E-state index contributed by atoms with van der Waals surface area (Å²) in [5.41, 5.74) is 9.27. The van der Waals surface area contributed by atoms with Crippen LogP contribution in [0.4, 0.5) is 0 Å². The number of carboxylic acid groups (broad SMARTS) is 1. The number of rotatable bonds is 15. The molecule has 3 amide bonds. The lowest BCUT2D eigenvalue weighted by molar-refractivity contribution is -0.142. The highest BCUT2D eigenvalue weighted by Crippen LogP contribution is 2.21. The van der Waals surface area contributed by atoms with E-state index in [1.54, 1.807) is 12.4 Å². The number of aliphatic carboxylic acids is 1. The second-order valence-electron chi connectivity index (χ2n) is 11.2. The van der Waals surface area contributed by atoms with Gasteiger partial charge in [-0.2, -0.15) is 11.8 Å². The summed E-state index contributed by atoms with van der Waals surface area (Å²) in [6.45, 7) is 3.63. The van der Waals surface area contributed by atoms with E-state index in [9.17, 15) is 24.3 Å². The van der Waals surface area contributed by atoms with Crippen LogP contribution in [-0.2, 0) is 32.0 Å². The van der Waals surface area contributed by atoms with E-state index in [-0.39, 0.29) is 18.8 Å². The van der Waals surface area contributed by atoms with Crippen LogP contribution < -0.4 is 21.7 Å². The van der Waals surface area contributed by atoms with Crippen molar-refractivity contribution in [1.82, 2.24) is 25.9 Å². The summed E-state index contributed by atoms with van der Waals surface area (Å²) in [5, 5.41) is 20.0. The van der Waals surface area contributed by atoms with E-state index >= 15 is 0 Å². The van der Waals surface area contributed by atoms with Gasteiger partial charge in [-0.15, -0.1) is 0 Å². The fourth-order valence-corrected chi connectivity index (χ4v) is 5.54. The van der Waals surface area contributed by atoms with Crippen LogP contribution in [0.3, 0.4) is 0 Å². The number of amides is 3. The predicted octanol–water partition coefficient (Wildman–Crippen LogP) is 2.71. The van der Waals surface area contributed by atoms with Crippen LogP contribution in [0.5, 0.6) is 0 Å². The third-order valence-electron chi connectivity index (χ3n) is 7.71. The number of H-pyrrole nitrogens is 2. The van der Waals surface area contributed by atoms with Gasteiger partial charge in [0.1, 0.15) is 18.1 Å². The number of fused-ring (bicyclic) bond motifs is 2. The fraction of sp³-hybridized carbons (Fsp3) is 0.375. The number of para-hydroxylation sites is 2. The monoisotopic (exact) mass is 620 g/mol. The SMILES string of the molecule is CSCCC(NC(=O)C(N)C(C)C)C(=O)NC(Cc1c[nH]c2ccccc12)C(=O)NC(Cc1c[nH]c2ccccc12)C(=O)O. The Hall–Kier alpha value is -4.29. The van der Waals surface area contributed by atoms with Gasteiger partial charge in [-0.25, -0.2) is 4.79 Å². The Morgan fingerprint density at radius 3 is 1.77 bits per heavy atom. The molecule has 0 saturated heterocycles. The molecule has 0 saturated carbocycles. The van der Waals surface area contributed by atoms with Crippen LogP contribution >= 0.6 is 11.8 Å². The molecule has 0 aliphatic carbocycles. The lowest BCUT2D eigenvalue weighted by Crippen LogP contribution is -2.58. The second-order valence-corrected chi connectivity index (χ2v) is 12.2. The molecule has 12 heteroatoms. The number of hydrogen-bond donors (Lipinski definition) is 7. The summed E-state index contributed by atoms with van der Waals surface area (Å²) in [5.74, 6) is -2.40. The van der Waals surface area contributed by atoms with Crippen molar-refractivity contribution in [1.29, 1.82) is 0 Å². The minimum atomic E-state index is -1.25. The molecule has 4 rings (SSSR count). The number of carboxylic acids is 1. The maximum atomic E-state index is 13.8. The Balaban J connectivity index is 1.58. The number of nitrogens with two attached hydrogens (primary N) is 1. The molecule has 4 aromatic rings. The first-order chi connectivity index (χ1) is 21.1. The lowest BCUT2D eigenvalue weighted by atomic mass is 10.0. The maximum absolute atomic E-state index is 13.8. The minimum Gasteiger partial charge on any atom is -0.480 e. The number of aromatic nitrogens is 2. The molecule has 0 fully saturated rings. The first kappa shape index (κ1) is 32.6. The minimum absolute atomic E-state index is 0.0400. The molecule has 2 aromatic carbocycles. The van der Waals surface area contributed by atoms with Gasteiger partial charge in [0.15, 0.2) is 0 Å². The van der Waals surface area contributed by atoms with Crippen molar-refractivity contribution in [3.63, 3.8) is 0 Å². The number of nitrogens with one attached hydrogen (secondary N) is 5. The Kier molecular flexibility index (Phi) is 11.1. The number of benzene rings is 2. The van der Waals surface area contributed by atoms with Crippen molar-refractivity contribution in [2.75, 3.05) is 12.0 Å². The van der Waals surface area contributed by atoms with E-state index in [1.165, 1.54) is 11.8 Å². The molecular formula is C32H40N6O5S. The van der Waals surface area contributed by atoms with E-state index in [2.05, 4.69) is 25.9 Å². The molecule has 0 aliphatic rings. The van der Waals surface area contributed by atoms with E-state index in [0.717, 1.165) is 32.9 Å². The average Bonchev–Trinajstić information content (AvgIpc) is 3.61. The van der Waals surface area contributed by atoms with Gasteiger partial charge in [0, 0.05) is 47.0 Å². The maximum Gasteiger partial charge on any atom is 0.326 e. The highest BCUT2D eigenvalue weighted by atomic mass is 32.2. The molecule has 2 heterocycles. The topological polar surface area (TPSA) is 182 Å². The zero-order valence-electron chi connectivity index (χ0n) is 25.1. The second kappa shape index (κ2) is 14.9. The van der Waals surface area contributed by atoms with Crippen LogP contribution in [0, 0.1) is 5.92 Å². The smallest absolute Gasteiger partial charge is 0.326 e. The highest BCUT2D eigenvalue weighted by Gasteiger charge is 2.31. The molecule has 11 nitrogen and oxygen atoms in total. The first-order valence-corrected chi connectivity index (χ1v) is 16.0. The van der Waals surface area contributed by atoms with Gasteiger partial charge < -0.3 is 36.8 Å². The number of carbonyl (C=O) groups is 4. The standard InChI is InChI=1S/C32H40N6O5S/c1-18(2)28(33)31(41)36-25(12-13-44-3)29(39)37-26(14-19-16-34-23-10-6-4-8-21(19)23)30(40)38-27(32(42)43)15-20-17-35-24-11-7-5-9-22(20)24/h4-11,16-18,25-28,34-35H,12-15,33H2,1-3H3,(H,36,41)(H,37,39)(H,38,40)(H,42,43). The van der Waals surface area contributed by atoms with Gasteiger partial charge in [-0.3, -0.25) is 14.4 Å². The summed E-state index contributed by atoms with van der Waals surface area (Å²) in [6, 6.07) is 11.0. The van der Waals surface area contributed by atoms with Crippen LogP contribution in [0.1, 0.15) is 31.4 Å². The fourth-order valence-electron chi connectivity index (χ4n) is 5.07. The van der Waals surface area contributed by atoms with Gasteiger partial charge in [0.25, 0.3) is 0 Å². The van der Waals surface area contributed by atoms with Gasteiger partial charge in [0.05, 0.1) is 6.04 Å². The molecule has 4 atom stereocenters. The third-order valence-corrected chi connectivity index (χ3v) is 8.35. The molecule has 8 N–H and O–H groups in total. The van der Waals surface area contributed by atoms with E-state index in [4.69, 9.17) is 5.73 Å². The Morgan fingerprint density at radius 2 is 1.25 bits per heavy atom. The van der Waals surface area contributed by atoms with Gasteiger partial charge in [-0.1, -0.05) is 50.2 Å². The summed E-state index contributed by atoms with van der Waals surface area (Å²) < 4.78 is 0. The predicted molar refractivity (Wildman–Crippen MR) is 173 cm³/mol. The average molecular weight is 621 g/mol. The van der Waals surface area contributed by atoms with Crippen molar-refractivity contribution >= 4 is 57.3 Å². The van der Waals surface area contributed by atoms with E-state index in [1.807, 2.05) is 68.6 Å². The normalized spacial score (nSPS) is 14.2. The van der Waals surface area contributed by atoms with Crippen LogP contribution in [0.25, 0.3) is 21.8 Å². The molecule has 0 spiro atoms. The number of aromatic amines is 2. The molecule has 4 unspecified atom stereocenters. The van der Waals surface area contributed by atoms with Crippen molar-refractivity contribution in [2.24, 2.45) is 11.7 Å². The molecule has 2 aromatic heterocycles. The Bertz CT molecular complexity index is 1610. The molecule has 0 radical (unpaired) electrons. The number of carbonyl (C=O) groups excluding carboxylic acids is 3. The molecule has 234 valence electrons. The zero-order chi connectivity index (χ0) is 31.8. The quantitative estimate of drug-likeness (QED) is 0.107. The van der Waals surface area contributed by atoms with E-state index in [0.29, 0.717) is 12.2 Å². The first-order valence-electron chi connectivity index (χ1n) is 14.6. The summed E-state index contributed by atoms with van der Waals surface area (Å²) in [7, 11) is 0. The van der Waals surface area contributed by atoms with Crippen LogP contribution in [0.15, 0.2) is 60.9 Å². The van der Waals surface area contributed by atoms with Crippen molar-refractivity contribution in [3.05, 3.63) is 72.1 Å². The van der Waals surface area contributed by atoms with Crippen molar-refractivity contribution in [2.45, 2.75) is 57.3 Å². The van der Waals surface area contributed by atoms with Gasteiger partial charge in [-0.05, 0) is 47.6 Å². The van der Waals surface area contributed by atoms with E-state index < -0.39 is 47.9 Å². The van der Waals surface area contributed by atoms with Gasteiger partial charge in [0.2, 0.25) is 17.7 Å². The summed E-state index contributed by atoms with van der Waals surface area (Å²) in [4.78, 5) is 58.8. The van der Waals surface area contributed by atoms with Gasteiger partial charge >= 0.3 is 5.97 Å². The molecular weight excluding hydrogens is 580 g/mol. The number of hydrogen-bond acceptors (Lipinski definition) is 6. The Labute approximate surface area is 260 Å². The number of thioether (sulfide) groups is 1. The molecule has 0 bridgehead atoms. The largest absolute Gasteiger partial charge is 0.480 e. The van der Waals surface area contributed by atoms with Crippen molar-refractivity contribution in [3.8, 4) is 0 Å². The van der Waals surface area contributed by atoms with Crippen molar-refractivity contribution < 1.29 is 24.3 Å². The molecule has 44 heavy (non-hydrogen) atoms. The lowest BCUT2D eigenvalue weighted by Gasteiger charge is -2.26. The molecule has 0 aliphatic heterocycles. The summed E-state index contributed by atoms with van der Waals surface area (Å²) in [6.07, 6.45) is 5.85.